The van der Waals surface area contributed by atoms with E-state index in [9.17, 15) is 23.9 Å². The number of hydrogen-bond acceptors (Lipinski definition) is 4. The van der Waals surface area contributed by atoms with Gasteiger partial charge in [-0.25, -0.2) is 14.2 Å². The number of halogens is 1. The second kappa shape index (κ2) is 8.55. The molecule has 1 aromatic carbocycles. The van der Waals surface area contributed by atoms with Crippen molar-refractivity contribution in [2.75, 3.05) is 0 Å². The minimum absolute atomic E-state index is 0.106. The van der Waals surface area contributed by atoms with Gasteiger partial charge >= 0.3 is 5.97 Å². The van der Waals surface area contributed by atoms with E-state index in [2.05, 4.69) is 10.4 Å². The van der Waals surface area contributed by atoms with E-state index in [1.165, 1.54) is 24.3 Å². The highest BCUT2D eigenvalue weighted by molar-refractivity contribution is 6.39. The molecule has 8 heteroatoms. The number of carboxylic acid groups (broad SMARTS) is 1. The molecule has 2 amide bonds. The molecule has 0 saturated carbocycles. The smallest absolute Gasteiger partial charge is 0.326 e. The van der Waals surface area contributed by atoms with Gasteiger partial charge in [-0.15, -0.1) is 0 Å². The molecule has 0 spiro atoms. The summed E-state index contributed by atoms with van der Waals surface area (Å²) in [5, 5.41) is 17.0. The quantitative estimate of drug-likeness (QED) is 0.773. The lowest BCUT2D eigenvalue weighted by Gasteiger charge is -2.25. The molecule has 0 fully saturated rings. The Balaban J connectivity index is 2.12. The lowest BCUT2D eigenvalue weighted by molar-refractivity contribution is -0.142. The van der Waals surface area contributed by atoms with Crippen molar-refractivity contribution >= 4 is 23.5 Å². The van der Waals surface area contributed by atoms with Crippen LogP contribution < -0.4 is 5.32 Å². The molecule has 2 N–H and O–H groups in total. The predicted molar refractivity (Wildman–Crippen MR) is 92.6 cm³/mol. The molecule has 1 aliphatic heterocycles. The summed E-state index contributed by atoms with van der Waals surface area (Å²) in [6, 6.07) is 4.62. The number of carboxylic acids is 1. The molecule has 2 atom stereocenters. The first kappa shape index (κ1) is 19.6. The largest absolute Gasteiger partial charge is 0.480 e. The van der Waals surface area contributed by atoms with Gasteiger partial charge in [-0.1, -0.05) is 32.4 Å². The Bertz CT molecular complexity index is 718. The third kappa shape index (κ3) is 4.87. The molecule has 1 aromatic rings. The van der Waals surface area contributed by atoms with Crippen molar-refractivity contribution in [3.63, 3.8) is 0 Å². The van der Waals surface area contributed by atoms with Crippen LogP contribution in [-0.2, 0) is 20.9 Å². The van der Waals surface area contributed by atoms with E-state index in [1.807, 2.05) is 6.92 Å². The van der Waals surface area contributed by atoms with E-state index in [-0.39, 0.29) is 42.7 Å². The Morgan fingerprint density at radius 2 is 1.96 bits per heavy atom. The lowest BCUT2D eigenvalue weighted by Crippen LogP contribution is -2.48. The molecule has 2 unspecified atom stereocenters. The average Bonchev–Trinajstić information content (AvgIpc) is 2.62. The Hall–Kier alpha value is -2.77. The van der Waals surface area contributed by atoms with Gasteiger partial charge in [0.15, 0.2) is 0 Å². The zero-order chi connectivity index (χ0) is 19.3. The standard InChI is InChI=1S/C18H22FN3O4/c1-3-11(2)16(18(25)26)20-17(24)14-8-9-15(23)22(21-14)10-12-4-6-13(19)7-5-12/h4-7,11,16H,3,8-10H2,1-2H3,(H,20,24)(H,25,26). The molecule has 0 aliphatic carbocycles. The number of benzene rings is 1. The van der Waals surface area contributed by atoms with Gasteiger partial charge in [-0.2, -0.15) is 5.10 Å². The van der Waals surface area contributed by atoms with Gasteiger partial charge < -0.3 is 10.4 Å². The zero-order valence-electron chi connectivity index (χ0n) is 14.7. The summed E-state index contributed by atoms with van der Waals surface area (Å²) in [6.45, 7) is 3.70. The third-order valence-electron chi connectivity index (χ3n) is 4.38. The highest BCUT2D eigenvalue weighted by Gasteiger charge is 2.30. The van der Waals surface area contributed by atoms with Gasteiger partial charge in [0.2, 0.25) is 5.91 Å². The Kier molecular flexibility index (Phi) is 6.43. The molecule has 1 aliphatic rings. The summed E-state index contributed by atoms with van der Waals surface area (Å²) in [5.74, 6) is -2.56. The first-order chi connectivity index (χ1) is 12.3. The van der Waals surface area contributed by atoms with Crippen LogP contribution >= 0.6 is 0 Å². The van der Waals surface area contributed by atoms with E-state index in [0.29, 0.717) is 12.0 Å². The minimum atomic E-state index is -1.11. The van der Waals surface area contributed by atoms with Crippen molar-refractivity contribution in [2.45, 2.75) is 45.7 Å². The number of rotatable bonds is 7. The van der Waals surface area contributed by atoms with Gasteiger partial charge in [0.25, 0.3) is 5.91 Å². The molecular weight excluding hydrogens is 341 g/mol. The predicted octanol–water partition coefficient (Wildman–Crippen LogP) is 1.92. The molecule has 0 saturated heterocycles. The lowest BCUT2D eigenvalue weighted by atomic mass is 9.99. The third-order valence-corrected chi connectivity index (χ3v) is 4.38. The van der Waals surface area contributed by atoms with Crippen LogP contribution in [0.15, 0.2) is 29.4 Å². The zero-order valence-corrected chi connectivity index (χ0v) is 14.7. The van der Waals surface area contributed by atoms with Crippen LogP contribution in [0.3, 0.4) is 0 Å². The number of nitrogens with zero attached hydrogens (tertiary/aromatic N) is 2. The number of aliphatic carboxylic acids is 1. The normalized spacial score (nSPS) is 16.7. The molecule has 2 rings (SSSR count). The monoisotopic (exact) mass is 363 g/mol. The van der Waals surface area contributed by atoms with Gasteiger partial charge in [-0.3, -0.25) is 9.59 Å². The van der Waals surface area contributed by atoms with Gasteiger partial charge in [0, 0.05) is 12.8 Å². The topological polar surface area (TPSA) is 99.1 Å². The summed E-state index contributed by atoms with van der Waals surface area (Å²) in [7, 11) is 0. The van der Waals surface area contributed by atoms with Crippen LogP contribution in [0.25, 0.3) is 0 Å². The Morgan fingerprint density at radius 1 is 1.31 bits per heavy atom. The van der Waals surface area contributed by atoms with E-state index in [1.54, 1.807) is 6.92 Å². The maximum atomic E-state index is 13.0. The van der Waals surface area contributed by atoms with Crippen LogP contribution in [0, 0.1) is 11.7 Å². The number of carbonyl (C=O) groups excluding carboxylic acids is 2. The number of amides is 2. The summed E-state index contributed by atoms with van der Waals surface area (Å²) < 4.78 is 13.0. The Labute approximate surface area is 150 Å². The fourth-order valence-electron chi connectivity index (χ4n) is 2.56. The maximum absolute atomic E-state index is 13.0. The van der Waals surface area contributed by atoms with Crippen molar-refractivity contribution in [3.8, 4) is 0 Å². The van der Waals surface area contributed by atoms with Crippen molar-refractivity contribution in [1.29, 1.82) is 0 Å². The molecule has 0 aromatic heterocycles. The molecule has 0 radical (unpaired) electrons. The Morgan fingerprint density at radius 3 is 2.54 bits per heavy atom. The summed E-state index contributed by atoms with van der Waals surface area (Å²) >= 11 is 0. The summed E-state index contributed by atoms with van der Waals surface area (Å²) in [6.07, 6.45) is 0.852. The first-order valence-electron chi connectivity index (χ1n) is 8.47. The fourth-order valence-corrected chi connectivity index (χ4v) is 2.56. The van der Waals surface area contributed by atoms with Crippen LogP contribution in [0.2, 0.25) is 0 Å². The van der Waals surface area contributed by atoms with Crippen LogP contribution in [-0.4, -0.2) is 39.7 Å². The average molecular weight is 363 g/mol. The van der Waals surface area contributed by atoms with Gasteiger partial charge in [-0.05, 0) is 23.6 Å². The number of hydrogen-bond donors (Lipinski definition) is 2. The van der Waals surface area contributed by atoms with Crippen LogP contribution in [0.1, 0.15) is 38.7 Å². The van der Waals surface area contributed by atoms with E-state index >= 15 is 0 Å². The molecular formula is C18H22FN3O4. The second-order valence-corrected chi connectivity index (χ2v) is 6.30. The number of carbonyl (C=O) groups is 3. The van der Waals surface area contributed by atoms with Crippen molar-refractivity contribution < 1.29 is 23.9 Å². The van der Waals surface area contributed by atoms with Crippen LogP contribution in [0.4, 0.5) is 4.39 Å². The summed E-state index contributed by atoms with van der Waals surface area (Å²) in [4.78, 5) is 35.8. The molecule has 26 heavy (non-hydrogen) atoms. The molecule has 7 nitrogen and oxygen atoms in total. The molecule has 1 heterocycles. The maximum Gasteiger partial charge on any atom is 0.326 e. The number of nitrogens with one attached hydrogen (secondary N) is 1. The fraction of sp³-hybridized carbons (Fsp3) is 0.444. The molecule has 0 bridgehead atoms. The van der Waals surface area contributed by atoms with E-state index in [0.717, 1.165) is 5.01 Å². The van der Waals surface area contributed by atoms with Gasteiger partial charge in [0.1, 0.15) is 17.6 Å². The SMILES string of the molecule is CCC(C)C(NC(=O)C1=NN(Cc2ccc(F)cc2)C(=O)CC1)C(=O)O. The van der Waals surface area contributed by atoms with Gasteiger partial charge in [0.05, 0.1) is 6.54 Å². The van der Waals surface area contributed by atoms with E-state index < -0.39 is 17.9 Å². The molecule has 140 valence electrons. The second-order valence-electron chi connectivity index (χ2n) is 6.30. The first-order valence-corrected chi connectivity index (χ1v) is 8.47. The minimum Gasteiger partial charge on any atom is -0.480 e. The van der Waals surface area contributed by atoms with Crippen molar-refractivity contribution in [3.05, 3.63) is 35.6 Å². The highest BCUT2D eigenvalue weighted by atomic mass is 19.1. The van der Waals surface area contributed by atoms with Crippen LogP contribution in [0.5, 0.6) is 0 Å². The van der Waals surface area contributed by atoms with E-state index in [4.69, 9.17) is 0 Å². The van der Waals surface area contributed by atoms with Crippen molar-refractivity contribution in [2.24, 2.45) is 11.0 Å². The highest BCUT2D eigenvalue weighted by Crippen LogP contribution is 2.15. The number of hydrazone groups is 1. The summed E-state index contributed by atoms with van der Waals surface area (Å²) in [5.41, 5.74) is 0.787. The van der Waals surface area contributed by atoms with Crippen molar-refractivity contribution in [1.82, 2.24) is 10.3 Å².